The number of carboxylic acid groups (broad SMARTS) is 2. The molecule has 0 aliphatic rings. The Labute approximate surface area is 355 Å². The molecule has 56 heavy (non-hydrogen) atoms. The third-order valence-electron chi connectivity index (χ3n) is 12.3. The Morgan fingerprint density at radius 3 is 0.500 bits per heavy atom. The van der Waals surface area contributed by atoms with Crippen molar-refractivity contribution in [3.8, 4) is 0 Å². The third-order valence-corrected chi connectivity index (χ3v) is 12.3. The Morgan fingerprint density at radius 1 is 0.268 bits per heavy atom. The van der Waals surface area contributed by atoms with Gasteiger partial charge in [-0.05, 0) is 83.2 Å². The van der Waals surface area contributed by atoms with E-state index in [0.29, 0.717) is 0 Å². The molecule has 0 saturated heterocycles. The summed E-state index contributed by atoms with van der Waals surface area (Å²) in [7, 11) is 5.12. The molecular formula is C51H108N2O3. The van der Waals surface area contributed by atoms with Crippen LogP contribution in [0.4, 0.5) is 4.79 Å². The van der Waals surface area contributed by atoms with Gasteiger partial charge in [-0.25, -0.2) is 0 Å². The van der Waals surface area contributed by atoms with Crippen LogP contribution in [0.1, 0.15) is 273 Å². The number of carbonyl (C=O) groups is 1. The largest absolute Gasteiger partial charge is 0.652 e. The van der Waals surface area contributed by atoms with Gasteiger partial charge in [-0.2, -0.15) is 0 Å². The first-order valence-corrected chi connectivity index (χ1v) is 25.6. The molecule has 0 radical (unpaired) electrons. The molecule has 5 heteroatoms. The molecule has 0 saturated carbocycles. The Morgan fingerprint density at radius 2 is 0.375 bits per heavy atom. The van der Waals surface area contributed by atoms with Crippen molar-refractivity contribution < 1.29 is 24.0 Å². The van der Waals surface area contributed by atoms with Crippen LogP contribution in [0.15, 0.2) is 0 Å². The third kappa shape index (κ3) is 51.2. The molecule has 0 unspecified atom stereocenters. The number of quaternary nitrogens is 2. The highest BCUT2D eigenvalue weighted by molar-refractivity contribution is 5.47. The van der Waals surface area contributed by atoms with E-state index >= 15 is 0 Å². The van der Waals surface area contributed by atoms with E-state index in [2.05, 4.69) is 55.6 Å². The molecule has 0 aromatic carbocycles. The first-order valence-electron chi connectivity index (χ1n) is 25.6. The Bertz CT molecular complexity index is 590. The highest BCUT2D eigenvalue weighted by Crippen LogP contribution is 2.18. The van der Waals surface area contributed by atoms with Crippen molar-refractivity contribution in [1.82, 2.24) is 0 Å². The van der Waals surface area contributed by atoms with E-state index in [9.17, 15) is 0 Å². The molecule has 0 aromatic heterocycles. The zero-order valence-corrected chi connectivity index (χ0v) is 40.3. The molecular weight excluding hydrogens is 689 g/mol. The molecule has 0 bridgehead atoms. The fourth-order valence-electron chi connectivity index (χ4n) is 8.31. The van der Waals surface area contributed by atoms with Crippen LogP contribution < -0.4 is 10.2 Å². The van der Waals surface area contributed by atoms with Crippen LogP contribution in [0, 0.1) is 0 Å². The average molecular weight is 797 g/mol. The van der Waals surface area contributed by atoms with Crippen molar-refractivity contribution in [2.24, 2.45) is 0 Å². The smallest absolute Gasteiger partial charge is 0.0784 e. The van der Waals surface area contributed by atoms with Gasteiger partial charge in [0.05, 0.1) is 53.4 Å². The summed E-state index contributed by atoms with van der Waals surface area (Å²) < 4.78 is 2.71. The molecule has 0 spiro atoms. The van der Waals surface area contributed by atoms with E-state index in [-0.39, 0.29) is 0 Å². The summed E-state index contributed by atoms with van der Waals surface area (Å²) in [5, 5.41) is 16.7. The van der Waals surface area contributed by atoms with E-state index in [0.717, 1.165) is 0 Å². The Balaban J connectivity index is -0.000000914. The summed E-state index contributed by atoms with van der Waals surface area (Å²) >= 11 is 0. The van der Waals surface area contributed by atoms with Crippen LogP contribution in [-0.4, -0.2) is 68.5 Å². The first kappa shape index (κ1) is 59.5. The second kappa shape index (κ2) is 48.6. The summed E-state index contributed by atoms with van der Waals surface area (Å²) in [5.41, 5.74) is 0. The predicted octanol–water partition coefficient (Wildman–Crippen LogP) is 14.6. The molecule has 5 nitrogen and oxygen atoms in total. The number of rotatable bonds is 42. The maximum absolute atomic E-state index is 8.33. The predicted molar refractivity (Wildman–Crippen MR) is 247 cm³/mol. The van der Waals surface area contributed by atoms with Gasteiger partial charge in [-0.1, -0.05) is 196 Å². The standard InChI is InChI=1S/2C25H54N.CH2O3/c2*1-5-8-11-14-17-20-23-26(4,24-21-18-15-12-9-6-2)25-22-19-16-13-10-7-3;2-1(3)4/h2*5-25H2,1-4H3;(H2,2,3,4)/q2*+1;/p-2. The minimum absolute atomic E-state index is 1.36. The minimum atomic E-state index is -2.33. The lowest BCUT2D eigenvalue weighted by Crippen LogP contribution is -2.46. The molecule has 0 rings (SSSR count). The zero-order valence-electron chi connectivity index (χ0n) is 40.3. The van der Waals surface area contributed by atoms with Crippen molar-refractivity contribution in [3.05, 3.63) is 0 Å². The number of unbranched alkanes of at least 4 members (excludes halogenated alkanes) is 30. The second-order valence-electron chi connectivity index (χ2n) is 18.4. The minimum Gasteiger partial charge on any atom is -0.652 e. The van der Waals surface area contributed by atoms with Crippen molar-refractivity contribution in [2.75, 3.05) is 53.4 Å². The molecule has 0 N–H and O–H groups in total. The van der Waals surface area contributed by atoms with Crippen LogP contribution >= 0.6 is 0 Å². The molecule has 0 aromatic rings. The van der Waals surface area contributed by atoms with Crippen LogP contribution in [-0.2, 0) is 0 Å². The molecule has 0 fully saturated rings. The zero-order chi connectivity index (χ0) is 42.3. The Kier molecular flexibility index (Phi) is 51.6. The summed E-state index contributed by atoms with van der Waals surface area (Å²) in [6.07, 6.45) is 49.4. The van der Waals surface area contributed by atoms with E-state index in [1.165, 1.54) is 279 Å². The van der Waals surface area contributed by atoms with E-state index in [1.807, 2.05) is 0 Å². The van der Waals surface area contributed by atoms with Gasteiger partial charge in [-0.3, -0.25) is 0 Å². The Hall–Kier alpha value is -0.810. The van der Waals surface area contributed by atoms with Gasteiger partial charge in [0, 0.05) is 0 Å². The van der Waals surface area contributed by atoms with Gasteiger partial charge in [0.25, 0.3) is 0 Å². The lowest BCUT2D eigenvalue weighted by atomic mass is 10.1. The number of hydrogen-bond donors (Lipinski definition) is 0. The fraction of sp³-hybridized carbons (Fsp3) is 0.980. The molecule has 340 valence electrons. The molecule has 0 aliphatic heterocycles. The number of hydrogen-bond acceptors (Lipinski definition) is 3. The average Bonchev–Trinajstić information content (AvgIpc) is 3.17. The highest BCUT2D eigenvalue weighted by Gasteiger charge is 2.21. The first-order chi connectivity index (χ1) is 27.1. The van der Waals surface area contributed by atoms with Gasteiger partial charge < -0.3 is 24.0 Å². The van der Waals surface area contributed by atoms with E-state index < -0.39 is 6.16 Å². The van der Waals surface area contributed by atoms with Crippen LogP contribution in [0.2, 0.25) is 0 Å². The SMILES string of the molecule is CCCCCCCC[N+](C)(CCCCCCCC)CCCCCCCC.CCCCCCCC[N+](C)(CCCCCCCC)CCCCCCCC.O=C([O-])[O-]. The van der Waals surface area contributed by atoms with Gasteiger partial charge in [0.15, 0.2) is 0 Å². The lowest BCUT2D eigenvalue weighted by molar-refractivity contribution is -0.910. The molecule has 0 aliphatic carbocycles. The van der Waals surface area contributed by atoms with Crippen LogP contribution in [0.5, 0.6) is 0 Å². The second-order valence-corrected chi connectivity index (χ2v) is 18.4. The number of nitrogens with zero attached hydrogens (tertiary/aromatic N) is 2. The number of carbonyl (C=O) groups excluding carboxylic acids is 1. The summed E-state index contributed by atoms with van der Waals surface area (Å²) in [6.45, 7) is 22.4. The maximum Gasteiger partial charge on any atom is 0.0784 e. The molecule has 0 heterocycles. The van der Waals surface area contributed by atoms with Crippen LogP contribution in [0.3, 0.4) is 0 Å². The van der Waals surface area contributed by atoms with Gasteiger partial charge in [0.1, 0.15) is 0 Å². The summed E-state index contributed by atoms with van der Waals surface area (Å²) in [5.74, 6) is 0. The van der Waals surface area contributed by atoms with Crippen molar-refractivity contribution >= 4 is 6.16 Å². The molecule has 0 amide bonds. The lowest BCUT2D eigenvalue weighted by Gasteiger charge is -2.35. The van der Waals surface area contributed by atoms with Crippen molar-refractivity contribution in [3.63, 3.8) is 0 Å². The highest BCUT2D eigenvalue weighted by atomic mass is 16.6. The normalized spacial score (nSPS) is 11.6. The maximum atomic E-state index is 8.33. The van der Waals surface area contributed by atoms with Crippen molar-refractivity contribution in [1.29, 1.82) is 0 Å². The summed E-state index contributed by atoms with van der Waals surface area (Å²) in [6, 6.07) is 0. The fourth-order valence-corrected chi connectivity index (χ4v) is 8.31. The summed E-state index contributed by atoms with van der Waals surface area (Å²) in [4.78, 5) is 8.33. The van der Waals surface area contributed by atoms with Gasteiger partial charge >= 0.3 is 0 Å². The monoisotopic (exact) mass is 797 g/mol. The molecule has 0 atom stereocenters. The van der Waals surface area contributed by atoms with E-state index in [1.54, 1.807) is 0 Å². The quantitative estimate of drug-likeness (QED) is 0.0456. The van der Waals surface area contributed by atoms with E-state index in [4.69, 9.17) is 15.0 Å². The van der Waals surface area contributed by atoms with Gasteiger partial charge in [-0.15, -0.1) is 0 Å². The van der Waals surface area contributed by atoms with Gasteiger partial charge in [0.2, 0.25) is 0 Å². The van der Waals surface area contributed by atoms with Crippen molar-refractivity contribution in [2.45, 2.75) is 273 Å². The van der Waals surface area contributed by atoms with Crippen LogP contribution in [0.25, 0.3) is 0 Å². The topological polar surface area (TPSA) is 63.2 Å².